The second kappa shape index (κ2) is 4.98. The fraction of sp³-hybridized carbons (Fsp3) is 0.400. The molecule has 0 spiro atoms. The second-order valence-electron chi connectivity index (χ2n) is 3.31. The molecule has 0 aromatic carbocycles. The highest BCUT2D eigenvalue weighted by Crippen LogP contribution is 2.14. The van der Waals surface area contributed by atoms with Crippen molar-refractivity contribution in [3.05, 3.63) is 33.5 Å². The monoisotopic (exact) mass is 228 g/mol. The van der Waals surface area contributed by atoms with Gasteiger partial charge in [0.15, 0.2) is 5.15 Å². The van der Waals surface area contributed by atoms with Crippen molar-refractivity contribution < 1.29 is 4.74 Å². The number of hydrogen-bond acceptors (Lipinski definition) is 3. The van der Waals surface area contributed by atoms with Crippen molar-refractivity contribution in [3.63, 3.8) is 0 Å². The zero-order valence-corrected chi connectivity index (χ0v) is 9.71. The van der Waals surface area contributed by atoms with Crippen LogP contribution in [0.1, 0.15) is 13.8 Å². The van der Waals surface area contributed by atoms with E-state index >= 15 is 0 Å². The largest absolute Gasteiger partial charge is 0.489 e. The molecule has 0 aliphatic rings. The minimum absolute atomic E-state index is 0.0846. The van der Waals surface area contributed by atoms with Crippen LogP contribution in [0.4, 0.5) is 0 Å². The molecule has 0 N–H and O–H groups in total. The van der Waals surface area contributed by atoms with E-state index in [0.717, 1.165) is 5.57 Å². The number of halogens is 1. The van der Waals surface area contributed by atoms with Crippen molar-refractivity contribution in [1.82, 2.24) is 9.55 Å². The Morgan fingerprint density at radius 2 is 2.33 bits per heavy atom. The summed E-state index contributed by atoms with van der Waals surface area (Å²) in [5.74, 6) is 0.0846. The standard InChI is InChI=1S/C10H13ClN2O2/c1-7(2)4-5-13-6-12-9(11)8(15-3)10(13)14/h4,6H,5H2,1-3H3. The Morgan fingerprint density at radius 3 is 2.87 bits per heavy atom. The van der Waals surface area contributed by atoms with Crippen molar-refractivity contribution in [2.24, 2.45) is 0 Å². The van der Waals surface area contributed by atoms with Gasteiger partial charge in [-0.05, 0) is 13.8 Å². The van der Waals surface area contributed by atoms with E-state index in [-0.39, 0.29) is 16.5 Å². The third-order valence-electron chi connectivity index (χ3n) is 1.85. The summed E-state index contributed by atoms with van der Waals surface area (Å²) in [6, 6.07) is 0. The predicted molar refractivity (Wildman–Crippen MR) is 59.5 cm³/mol. The third kappa shape index (κ3) is 2.83. The lowest BCUT2D eigenvalue weighted by Crippen LogP contribution is -2.21. The number of ether oxygens (including phenoxy) is 1. The molecule has 4 nitrogen and oxygen atoms in total. The summed E-state index contributed by atoms with van der Waals surface area (Å²) in [5.41, 5.74) is 0.866. The third-order valence-corrected chi connectivity index (χ3v) is 2.12. The number of rotatable bonds is 3. The Kier molecular flexibility index (Phi) is 3.91. The van der Waals surface area contributed by atoms with Crippen molar-refractivity contribution in [3.8, 4) is 5.75 Å². The number of hydrogen-bond donors (Lipinski definition) is 0. The van der Waals surface area contributed by atoms with Gasteiger partial charge in [-0.1, -0.05) is 23.3 Å². The van der Waals surface area contributed by atoms with Crippen molar-refractivity contribution in [2.45, 2.75) is 20.4 Å². The molecule has 0 aliphatic heterocycles. The summed E-state index contributed by atoms with van der Waals surface area (Å²) < 4.78 is 6.32. The molecule has 1 heterocycles. The van der Waals surface area contributed by atoms with E-state index in [2.05, 4.69) is 4.98 Å². The van der Waals surface area contributed by atoms with E-state index in [1.54, 1.807) is 0 Å². The topological polar surface area (TPSA) is 44.1 Å². The average molecular weight is 229 g/mol. The van der Waals surface area contributed by atoms with Gasteiger partial charge in [0.05, 0.1) is 13.4 Å². The molecule has 1 aromatic rings. The van der Waals surface area contributed by atoms with E-state index in [9.17, 15) is 4.79 Å². The average Bonchev–Trinajstić information content (AvgIpc) is 2.17. The molecule has 0 radical (unpaired) electrons. The van der Waals surface area contributed by atoms with Crippen LogP contribution >= 0.6 is 11.6 Å². The molecule has 82 valence electrons. The zero-order valence-electron chi connectivity index (χ0n) is 8.95. The van der Waals surface area contributed by atoms with Gasteiger partial charge >= 0.3 is 0 Å². The summed E-state index contributed by atoms with van der Waals surface area (Å²) in [5, 5.41) is 0.0935. The van der Waals surface area contributed by atoms with Crippen LogP contribution in [0.3, 0.4) is 0 Å². The maximum atomic E-state index is 11.7. The van der Waals surface area contributed by atoms with Gasteiger partial charge in [0.25, 0.3) is 5.56 Å². The highest BCUT2D eigenvalue weighted by molar-refractivity contribution is 6.30. The first-order valence-electron chi connectivity index (χ1n) is 4.48. The number of aromatic nitrogens is 2. The Balaban J connectivity index is 3.11. The molecule has 0 fully saturated rings. The molecule has 0 amide bonds. The molecule has 0 aliphatic carbocycles. The molecule has 0 bridgehead atoms. The van der Waals surface area contributed by atoms with E-state index in [4.69, 9.17) is 16.3 Å². The van der Waals surface area contributed by atoms with Crippen molar-refractivity contribution in [2.75, 3.05) is 7.11 Å². The van der Waals surface area contributed by atoms with Crippen LogP contribution in [0.15, 0.2) is 22.8 Å². The highest BCUT2D eigenvalue weighted by atomic mass is 35.5. The van der Waals surface area contributed by atoms with Crippen LogP contribution in [0, 0.1) is 0 Å². The Labute approximate surface area is 93.2 Å². The van der Waals surface area contributed by atoms with Gasteiger partial charge in [-0.3, -0.25) is 9.36 Å². The minimum Gasteiger partial charge on any atom is -0.489 e. The normalized spacial score (nSPS) is 9.87. The van der Waals surface area contributed by atoms with Crippen LogP contribution in [0.5, 0.6) is 5.75 Å². The molecule has 0 unspecified atom stereocenters. The Morgan fingerprint density at radius 1 is 1.67 bits per heavy atom. The van der Waals surface area contributed by atoms with E-state index < -0.39 is 0 Å². The van der Waals surface area contributed by atoms with Gasteiger partial charge in [-0.25, -0.2) is 4.98 Å². The van der Waals surface area contributed by atoms with Gasteiger partial charge in [-0.15, -0.1) is 0 Å². The van der Waals surface area contributed by atoms with Crippen molar-refractivity contribution >= 4 is 11.6 Å². The summed E-state index contributed by atoms with van der Waals surface area (Å²) in [4.78, 5) is 15.6. The van der Waals surface area contributed by atoms with Crippen LogP contribution < -0.4 is 10.3 Å². The Bertz CT molecular complexity index is 434. The van der Waals surface area contributed by atoms with Gasteiger partial charge in [0.2, 0.25) is 5.75 Å². The van der Waals surface area contributed by atoms with Gasteiger partial charge in [0.1, 0.15) is 0 Å². The predicted octanol–water partition coefficient (Wildman–Crippen LogP) is 1.87. The zero-order chi connectivity index (χ0) is 11.4. The molecule has 15 heavy (non-hydrogen) atoms. The molecule has 1 rings (SSSR count). The number of allylic oxidation sites excluding steroid dienone is 2. The second-order valence-corrected chi connectivity index (χ2v) is 3.67. The minimum atomic E-state index is -0.269. The first kappa shape index (κ1) is 11.8. The molecule has 0 saturated heterocycles. The van der Waals surface area contributed by atoms with Gasteiger partial charge in [-0.2, -0.15) is 0 Å². The lowest BCUT2D eigenvalue weighted by molar-refractivity contribution is 0.401. The maximum absolute atomic E-state index is 11.7. The van der Waals surface area contributed by atoms with Crippen LogP contribution in [0.2, 0.25) is 5.15 Å². The number of nitrogens with zero attached hydrogens (tertiary/aromatic N) is 2. The summed E-state index contributed by atoms with van der Waals surface area (Å²) in [7, 11) is 1.40. The number of methoxy groups -OCH3 is 1. The first-order valence-corrected chi connectivity index (χ1v) is 4.86. The molecule has 0 saturated carbocycles. The van der Waals surface area contributed by atoms with E-state index in [1.807, 2.05) is 19.9 Å². The summed E-state index contributed by atoms with van der Waals surface area (Å²) in [6.07, 6.45) is 3.34. The van der Waals surface area contributed by atoms with E-state index in [1.165, 1.54) is 18.0 Å². The maximum Gasteiger partial charge on any atom is 0.297 e. The Hall–Kier alpha value is -1.29. The fourth-order valence-corrected chi connectivity index (χ4v) is 1.23. The molecular weight excluding hydrogens is 216 g/mol. The smallest absolute Gasteiger partial charge is 0.297 e. The first-order chi connectivity index (χ1) is 7.06. The highest BCUT2D eigenvalue weighted by Gasteiger charge is 2.08. The van der Waals surface area contributed by atoms with Crippen LogP contribution in [-0.4, -0.2) is 16.7 Å². The van der Waals surface area contributed by atoms with Gasteiger partial charge < -0.3 is 4.74 Å². The summed E-state index contributed by atoms with van der Waals surface area (Å²) in [6.45, 7) is 4.40. The van der Waals surface area contributed by atoms with E-state index in [0.29, 0.717) is 6.54 Å². The lowest BCUT2D eigenvalue weighted by atomic mass is 10.3. The molecule has 0 atom stereocenters. The SMILES string of the molecule is COc1c(Cl)ncn(CC=C(C)C)c1=O. The molecular formula is C10H13ClN2O2. The van der Waals surface area contributed by atoms with Crippen LogP contribution in [-0.2, 0) is 6.54 Å². The molecule has 5 heteroatoms. The van der Waals surface area contributed by atoms with Gasteiger partial charge in [0, 0.05) is 6.54 Å². The quantitative estimate of drug-likeness (QED) is 0.586. The lowest BCUT2D eigenvalue weighted by Gasteiger charge is -2.05. The van der Waals surface area contributed by atoms with Crippen LogP contribution in [0.25, 0.3) is 0 Å². The molecule has 1 aromatic heterocycles. The fourth-order valence-electron chi connectivity index (χ4n) is 1.03. The summed E-state index contributed by atoms with van der Waals surface area (Å²) >= 11 is 5.70. The van der Waals surface area contributed by atoms with Crippen molar-refractivity contribution in [1.29, 1.82) is 0 Å².